The summed E-state index contributed by atoms with van der Waals surface area (Å²) in [7, 11) is -4.01. The van der Waals surface area contributed by atoms with E-state index in [0.29, 0.717) is 12.3 Å². The minimum atomic E-state index is -4.01. The molecule has 2 aromatic carbocycles. The van der Waals surface area contributed by atoms with Crippen molar-refractivity contribution in [2.45, 2.75) is 44.7 Å². The molecule has 1 fully saturated rings. The number of sulfonamides is 1. The van der Waals surface area contributed by atoms with Gasteiger partial charge >= 0.3 is 0 Å². The van der Waals surface area contributed by atoms with Crippen LogP contribution in [0.5, 0.6) is 11.5 Å². The van der Waals surface area contributed by atoms with Crippen molar-refractivity contribution >= 4 is 15.7 Å². The molecule has 1 aliphatic rings. The Morgan fingerprint density at radius 1 is 1.14 bits per heavy atom. The zero-order valence-corrected chi connectivity index (χ0v) is 17.7. The van der Waals surface area contributed by atoms with Crippen molar-refractivity contribution in [3.8, 4) is 11.5 Å². The van der Waals surface area contributed by atoms with Crippen molar-refractivity contribution in [1.82, 2.24) is 9.62 Å². The highest BCUT2D eigenvalue weighted by molar-refractivity contribution is 7.89. The van der Waals surface area contributed by atoms with Gasteiger partial charge in [0, 0.05) is 37.3 Å². The monoisotopic (exact) mass is 419 g/mol. The summed E-state index contributed by atoms with van der Waals surface area (Å²) >= 11 is 0. The Morgan fingerprint density at radius 2 is 1.79 bits per heavy atom. The molecule has 0 aromatic heterocycles. The van der Waals surface area contributed by atoms with Crippen LogP contribution in [0.4, 0.5) is 5.69 Å². The van der Waals surface area contributed by atoms with E-state index >= 15 is 0 Å². The third kappa shape index (κ3) is 4.58. The van der Waals surface area contributed by atoms with Gasteiger partial charge in [-0.05, 0) is 57.0 Å². The second-order valence-corrected chi connectivity index (χ2v) is 9.41. The lowest BCUT2D eigenvalue weighted by Crippen LogP contribution is -2.56. The Bertz CT molecular complexity index is 1020. The van der Waals surface area contributed by atoms with Gasteiger partial charge in [-0.1, -0.05) is 6.07 Å². The van der Waals surface area contributed by atoms with Crippen molar-refractivity contribution in [2.75, 3.05) is 13.1 Å². The Balaban J connectivity index is 2.09. The molecule has 0 spiro atoms. The fraction of sp³-hybridized carbons (Fsp3) is 0.400. The number of nitrogens with zero attached hydrogens (tertiary/aromatic N) is 2. The van der Waals surface area contributed by atoms with Crippen LogP contribution in [0.3, 0.4) is 0 Å². The number of piperazine rings is 1. The molecule has 3 rings (SSSR count). The van der Waals surface area contributed by atoms with E-state index in [1.807, 2.05) is 26.8 Å². The normalized spacial score (nSPS) is 20.4. The maximum Gasteiger partial charge on any atom is 0.271 e. The Labute approximate surface area is 170 Å². The second kappa shape index (κ2) is 8.10. The van der Waals surface area contributed by atoms with Gasteiger partial charge in [0.05, 0.1) is 4.92 Å². The first-order valence-electron chi connectivity index (χ1n) is 9.37. The molecule has 1 N–H and O–H groups in total. The number of benzene rings is 2. The summed E-state index contributed by atoms with van der Waals surface area (Å²) in [5.74, 6) is 0.550. The summed E-state index contributed by atoms with van der Waals surface area (Å²) in [4.78, 5) is 10.5. The highest BCUT2D eigenvalue weighted by atomic mass is 32.2. The van der Waals surface area contributed by atoms with E-state index in [-0.39, 0.29) is 35.0 Å². The molecule has 1 aliphatic heterocycles. The van der Waals surface area contributed by atoms with Gasteiger partial charge in [-0.2, -0.15) is 4.31 Å². The lowest BCUT2D eigenvalue weighted by Gasteiger charge is -2.36. The summed E-state index contributed by atoms with van der Waals surface area (Å²) in [5, 5.41) is 14.5. The van der Waals surface area contributed by atoms with Crippen LogP contribution in [0, 0.1) is 24.0 Å². The first-order valence-corrected chi connectivity index (χ1v) is 10.8. The topological polar surface area (TPSA) is 102 Å². The summed E-state index contributed by atoms with van der Waals surface area (Å²) in [6.07, 6.45) is 0. The lowest BCUT2D eigenvalue weighted by atomic mass is 10.1. The van der Waals surface area contributed by atoms with E-state index in [4.69, 9.17) is 4.74 Å². The molecule has 9 heteroatoms. The molecule has 0 saturated carbocycles. The van der Waals surface area contributed by atoms with Gasteiger partial charge in [0.25, 0.3) is 5.69 Å². The van der Waals surface area contributed by atoms with E-state index < -0.39 is 14.9 Å². The lowest BCUT2D eigenvalue weighted by molar-refractivity contribution is -0.385. The number of nitro benzene ring substituents is 1. The average Bonchev–Trinajstić information content (AvgIpc) is 2.62. The molecule has 156 valence electrons. The Kier molecular flexibility index (Phi) is 5.92. The molecule has 29 heavy (non-hydrogen) atoms. The first kappa shape index (κ1) is 21.2. The summed E-state index contributed by atoms with van der Waals surface area (Å²) in [5.41, 5.74) is 1.64. The van der Waals surface area contributed by atoms with Crippen molar-refractivity contribution in [3.05, 3.63) is 57.6 Å². The van der Waals surface area contributed by atoms with Crippen LogP contribution in [0.25, 0.3) is 0 Å². The van der Waals surface area contributed by atoms with Crippen LogP contribution in [0.1, 0.15) is 25.0 Å². The standard InChI is InChI=1S/C20H25N3O5S/c1-13-7-14(2)9-18(8-13)28-19-6-5-17(23(24)25)10-20(19)29(26,27)22-12-15(3)21-11-16(22)4/h5-10,15-16,21H,11-12H2,1-4H3. The third-order valence-electron chi connectivity index (χ3n) is 4.85. The van der Waals surface area contributed by atoms with Gasteiger partial charge in [-0.3, -0.25) is 10.1 Å². The molecule has 0 radical (unpaired) electrons. The van der Waals surface area contributed by atoms with Crippen LogP contribution in [0.15, 0.2) is 41.3 Å². The number of hydrogen-bond acceptors (Lipinski definition) is 6. The van der Waals surface area contributed by atoms with Gasteiger partial charge in [-0.25, -0.2) is 8.42 Å². The zero-order chi connectivity index (χ0) is 21.3. The molecule has 8 nitrogen and oxygen atoms in total. The van der Waals surface area contributed by atoms with Crippen molar-refractivity contribution < 1.29 is 18.1 Å². The third-order valence-corrected chi connectivity index (χ3v) is 6.86. The molecular formula is C20H25N3O5S. The number of ether oxygens (including phenoxy) is 1. The van der Waals surface area contributed by atoms with E-state index in [9.17, 15) is 18.5 Å². The predicted molar refractivity (Wildman–Crippen MR) is 110 cm³/mol. The van der Waals surface area contributed by atoms with Gasteiger partial charge in [-0.15, -0.1) is 0 Å². The molecule has 2 atom stereocenters. The molecule has 1 heterocycles. The van der Waals surface area contributed by atoms with Gasteiger partial charge in [0.1, 0.15) is 16.4 Å². The van der Waals surface area contributed by atoms with Crippen LogP contribution >= 0.6 is 0 Å². The quantitative estimate of drug-likeness (QED) is 0.589. The van der Waals surface area contributed by atoms with Gasteiger partial charge in [0.2, 0.25) is 10.0 Å². The van der Waals surface area contributed by atoms with Gasteiger partial charge < -0.3 is 10.1 Å². The van der Waals surface area contributed by atoms with E-state index in [0.717, 1.165) is 17.2 Å². The maximum absolute atomic E-state index is 13.5. The van der Waals surface area contributed by atoms with Crippen LogP contribution in [0.2, 0.25) is 0 Å². The van der Waals surface area contributed by atoms with Crippen molar-refractivity contribution in [2.24, 2.45) is 0 Å². The molecular weight excluding hydrogens is 394 g/mol. The number of hydrogen-bond donors (Lipinski definition) is 1. The zero-order valence-electron chi connectivity index (χ0n) is 16.9. The first-order chi connectivity index (χ1) is 13.6. The van der Waals surface area contributed by atoms with Gasteiger partial charge in [0.15, 0.2) is 0 Å². The molecule has 0 bridgehead atoms. The Hall–Kier alpha value is -2.49. The molecule has 1 saturated heterocycles. The fourth-order valence-corrected chi connectivity index (χ4v) is 5.32. The van der Waals surface area contributed by atoms with E-state index in [1.165, 1.54) is 16.4 Å². The maximum atomic E-state index is 13.5. The number of nitrogens with one attached hydrogen (secondary N) is 1. The van der Waals surface area contributed by atoms with Crippen molar-refractivity contribution in [3.63, 3.8) is 0 Å². The summed E-state index contributed by atoms with van der Waals surface area (Å²) in [6, 6.07) is 8.92. The van der Waals surface area contributed by atoms with Crippen LogP contribution in [-0.2, 0) is 10.0 Å². The van der Waals surface area contributed by atoms with Crippen LogP contribution in [-0.4, -0.2) is 42.8 Å². The molecule has 0 aliphatic carbocycles. The summed E-state index contributed by atoms with van der Waals surface area (Å²) < 4.78 is 34.2. The highest BCUT2D eigenvalue weighted by Gasteiger charge is 2.36. The SMILES string of the molecule is Cc1cc(C)cc(Oc2ccc([N+](=O)[O-])cc2S(=O)(=O)N2CC(C)NCC2C)c1. The average molecular weight is 420 g/mol. The highest BCUT2D eigenvalue weighted by Crippen LogP contribution is 2.35. The van der Waals surface area contributed by atoms with E-state index in [1.54, 1.807) is 19.1 Å². The van der Waals surface area contributed by atoms with Crippen LogP contribution < -0.4 is 10.1 Å². The number of rotatable bonds is 5. The Morgan fingerprint density at radius 3 is 2.41 bits per heavy atom. The smallest absolute Gasteiger partial charge is 0.271 e. The largest absolute Gasteiger partial charge is 0.456 e. The molecule has 2 aromatic rings. The summed E-state index contributed by atoms with van der Waals surface area (Å²) in [6.45, 7) is 8.30. The van der Waals surface area contributed by atoms with Crippen molar-refractivity contribution in [1.29, 1.82) is 0 Å². The second-order valence-electron chi connectivity index (χ2n) is 7.55. The number of non-ortho nitro benzene ring substituents is 1. The minimum absolute atomic E-state index is 0.0246. The molecule has 2 unspecified atom stereocenters. The predicted octanol–water partition coefficient (Wildman–Crippen LogP) is 3.37. The number of aryl methyl sites for hydroxylation is 2. The fourth-order valence-electron chi connectivity index (χ4n) is 3.46. The van der Waals surface area contributed by atoms with E-state index in [2.05, 4.69) is 5.32 Å². The number of nitro groups is 1. The molecule has 0 amide bonds. The minimum Gasteiger partial charge on any atom is -0.456 e.